The van der Waals surface area contributed by atoms with E-state index in [1.165, 1.54) is 31.2 Å². The first kappa shape index (κ1) is 30.3. The van der Waals surface area contributed by atoms with Gasteiger partial charge in [-0.3, -0.25) is 19.2 Å². The number of phenolic OH excluding ortho intramolecular Hbond substituents is 1. The molecular weight excluding hydrogens is 474 g/mol. The van der Waals surface area contributed by atoms with Crippen LogP contribution in [0.3, 0.4) is 0 Å². The molecule has 0 spiro atoms. The maximum absolute atomic E-state index is 13.1. The van der Waals surface area contributed by atoms with Gasteiger partial charge in [0.05, 0.1) is 18.6 Å². The SMILES string of the molecule is CCC(C)C(NC(=O)C(Cc1ccc(O)cc1)NC(=O)C(NC(=O)C(N)CC(N)=O)C(C)O)C(=O)O. The van der Waals surface area contributed by atoms with Crippen molar-refractivity contribution in [3.63, 3.8) is 0 Å². The van der Waals surface area contributed by atoms with Crippen molar-refractivity contribution in [3.8, 4) is 5.75 Å². The second-order valence-electron chi connectivity index (χ2n) is 8.65. The lowest BCUT2D eigenvalue weighted by molar-refractivity contribution is -0.144. The molecule has 13 heteroatoms. The fourth-order valence-electron chi connectivity index (χ4n) is 3.25. The summed E-state index contributed by atoms with van der Waals surface area (Å²) in [6.07, 6.45) is -1.53. The third-order valence-electron chi connectivity index (χ3n) is 5.61. The van der Waals surface area contributed by atoms with E-state index in [4.69, 9.17) is 11.5 Å². The standard InChI is InChI=1S/C23H35N5O8/c1-4-11(2)18(23(35)36)27-21(33)16(9-13-5-7-14(30)8-6-13)26-22(34)19(12(3)29)28-20(32)15(24)10-17(25)31/h5-8,11-12,15-16,18-19,29-30H,4,9-10,24H2,1-3H3,(H2,25,31)(H,26,34)(H,27,33)(H,28,32)(H,35,36). The van der Waals surface area contributed by atoms with E-state index < -0.39 is 72.2 Å². The molecule has 36 heavy (non-hydrogen) atoms. The summed E-state index contributed by atoms with van der Waals surface area (Å²) in [7, 11) is 0. The monoisotopic (exact) mass is 509 g/mol. The van der Waals surface area contributed by atoms with E-state index in [1.807, 2.05) is 0 Å². The zero-order chi connectivity index (χ0) is 27.6. The smallest absolute Gasteiger partial charge is 0.326 e. The topological polar surface area (TPSA) is 234 Å². The van der Waals surface area contributed by atoms with E-state index in [0.717, 1.165) is 0 Å². The van der Waals surface area contributed by atoms with Gasteiger partial charge in [-0.05, 0) is 30.5 Å². The van der Waals surface area contributed by atoms with Crippen molar-refractivity contribution < 1.29 is 39.3 Å². The number of amides is 4. The third-order valence-corrected chi connectivity index (χ3v) is 5.61. The average molecular weight is 510 g/mol. The van der Waals surface area contributed by atoms with Crippen LogP contribution < -0.4 is 27.4 Å². The number of rotatable bonds is 14. The fourth-order valence-corrected chi connectivity index (χ4v) is 3.25. The number of phenols is 1. The maximum atomic E-state index is 13.1. The van der Waals surface area contributed by atoms with E-state index in [2.05, 4.69) is 16.0 Å². The van der Waals surface area contributed by atoms with Crippen molar-refractivity contribution in [2.24, 2.45) is 17.4 Å². The predicted molar refractivity (Wildman–Crippen MR) is 128 cm³/mol. The molecule has 6 atom stereocenters. The molecule has 0 saturated carbocycles. The van der Waals surface area contributed by atoms with Crippen molar-refractivity contribution in [1.29, 1.82) is 0 Å². The van der Waals surface area contributed by atoms with Crippen molar-refractivity contribution in [1.82, 2.24) is 16.0 Å². The van der Waals surface area contributed by atoms with Crippen LogP contribution in [0.2, 0.25) is 0 Å². The minimum absolute atomic E-state index is 0.0179. The molecule has 0 heterocycles. The minimum Gasteiger partial charge on any atom is -0.508 e. The summed E-state index contributed by atoms with van der Waals surface area (Å²) < 4.78 is 0. The van der Waals surface area contributed by atoms with Gasteiger partial charge in [0.25, 0.3) is 0 Å². The Kier molecular flexibility index (Phi) is 11.8. The van der Waals surface area contributed by atoms with E-state index in [-0.39, 0.29) is 12.2 Å². The molecule has 6 unspecified atom stereocenters. The quantitative estimate of drug-likeness (QED) is 0.140. The number of benzene rings is 1. The highest BCUT2D eigenvalue weighted by molar-refractivity contribution is 5.95. The molecule has 0 radical (unpaired) electrons. The van der Waals surface area contributed by atoms with Crippen molar-refractivity contribution >= 4 is 29.6 Å². The number of hydrogen-bond donors (Lipinski definition) is 8. The van der Waals surface area contributed by atoms with Gasteiger partial charge in [0.15, 0.2) is 0 Å². The van der Waals surface area contributed by atoms with Gasteiger partial charge in [-0.2, -0.15) is 0 Å². The summed E-state index contributed by atoms with van der Waals surface area (Å²) in [6.45, 7) is 4.64. The summed E-state index contributed by atoms with van der Waals surface area (Å²) in [4.78, 5) is 61.0. The molecule has 4 amide bonds. The Labute approximate surface area is 208 Å². The number of carbonyl (C=O) groups excluding carboxylic acids is 4. The van der Waals surface area contributed by atoms with E-state index in [9.17, 15) is 39.3 Å². The molecule has 0 aromatic heterocycles. The number of aromatic hydroxyl groups is 1. The van der Waals surface area contributed by atoms with Crippen molar-refractivity contribution in [3.05, 3.63) is 29.8 Å². The van der Waals surface area contributed by atoms with Crippen LogP contribution in [0.25, 0.3) is 0 Å². The molecule has 0 bridgehead atoms. The molecule has 0 aliphatic rings. The molecule has 1 aromatic rings. The molecule has 13 nitrogen and oxygen atoms in total. The molecule has 0 fully saturated rings. The van der Waals surface area contributed by atoms with Crippen LogP contribution in [0.15, 0.2) is 24.3 Å². The van der Waals surface area contributed by atoms with Crippen LogP contribution in [-0.4, -0.2) is 75.2 Å². The number of carbonyl (C=O) groups is 5. The van der Waals surface area contributed by atoms with Gasteiger partial charge >= 0.3 is 5.97 Å². The summed E-state index contributed by atoms with van der Waals surface area (Å²) in [5, 5.41) is 36.2. The van der Waals surface area contributed by atoms with Gasteiger partial charge < -0.3 is 42.7 Å². The van der Waals surface area contributed by atoms with Crippen molar-refractivity contribution in [2.45, 2.75) is 70.3 Å². The third kappa shape index (κ3) is 9.50. The lowest BCUT2D eigenvalue weighted by atomic mass is 9.98. The van der Waals surface area contributed by atoms with Gasteiger partial charge in [0.1, 0.15) is 23.9 Å². The second-order valence-corrected chi connectivity index (χ2v) is 8.65. The van der Waals surface area contributed by atoms with Gasteiger partial charge in [-0.25, -0.2) is 4.79 Å². The Balaban J connectivity index is 3.16. The Morgan fingerprint density at radius 2 is 1.47 bits per heavy atom. The largest absolute Gasteiger partial charge is 0.508 e. The molecule has 1 rings (SSSR count). The van der Waals surface area contributed by atoms with Crippen LogP contribution in [0.5, 0.6) is 5.75 Å². The first-order chi connectivity index (χ1) is 16.8. The highest BCUT2D eigenvalue weighted by Crippen LogP contribution is 2.13. The number of hydrogen-bond acceptors (Lipinski definition) is 8. The molecular formula is C23H35N5O8. The van der Waals surface area contributed by atoms with Gasteiger partial charge in [0.2, 0.25) is 23.6 Å². The predicted octanol–water partition coefficient (Wildman–Crippen LogP) is -1.90. The second kappa shape index (κ2) is 14.0. The van der Waals surface area contributed by atoms with E-state index in [1.54, 1.807) is 13.8 Å². The van der Waals surface area contributed by atoms with Gasteiger partial charge in [-0.15, -0.1) is 0 Å². The van der Waals surface area contributed by atoms with E-state index in [0.29, 0.717) is 12.0 Å². The average Bonchev–Trinajstić information content (AvgIpc) is 2.79. The van der Waals surface area contributed by atoms with Gasteiger partial charge in [0, 0.05) is 6.42 Å². The maximum Gasteiger partial charge on any atom is 0.326 e. The molecule has 0 aliphatic carbocycles. The molecule has 200 valence electrons. The molecule has 0 saturated heterocycles. The normalized spacial score (nSPS) is 15.9. The Morgan fingerprint density at radius 1 is 0.917 bits per heavy atom. The number of aliphatic hydroxyl groups is 1. The first-order valence-corrected chi connectivity index (χ1v) is 11.4. The van der Waals surface area contributed by atoms with E-state index >= 15 is 0 Å². The number of primary amides is 1. The first-order valence-electron chi connectivity index (χ1n) is 11.4. The lowest BCUT2D eigenvalue weighted by Crippen LogP contribution is -2.60. The fraction of sp³-hybridized carbons (Fsp3) is 0.522. The number of aliphatic carboxylic acids is 1. The summed E-state index contributed by atoms with van der Waals surface area (Å²) in [5.41, 5.74) is 11.1. The highest BCUT2D eigenvalue weighted by Gasteiger charge is 2.33. The van der Waals surface area contributed by atoms with Crippen LogP contribution in [0, 0.1) is 5.92 Å². The number of carboxylic acid groups (broad SMARTS) is 1. The van der Waals surface area contributed by atoms with Crippen LogP contribution in [0.1, 0.15) is 39.2 Å². The van der Waals surface area contributed by atoms with Gasteiger partial charge in [-0.1, -0.05) is 32.4 Å². The summed E-state index contributed by atoms with van der Waals surface area (Å²) in [6, 6.07) is 0.361. The number of nitrogens with one attached hydrogen (secondary N) is 3. The lowest BCUT2D eigenvalue weighted by Gasteiger charge is -2.27. The Hall–Kier alpha value is -3.71. The summed E-state index contributed by atoms with van der Waals surface area (Å²) in [5.74, 6) is -5.18. The number of carboxylic acids is 1. The molecule has 0 aliphatic heterocycles. The zero-order valence-corrected chi connectivity index (χ0v) is 20.4. The Morgan fingerprint density at radius 3 is 1.94 bits per heavy atom. The molecule has 1 aromatic carbocycles. The minimum atomic E-state index is -1.55. The van der Waals surface area contributed by atoms with Crippen LogP contribution in [-0.2, 0) is 30.4 Å². The molecule has 10 N–H and O–H groups in total. The Bertz CT molecular complexity index is 937. The van der Waals surface area contributed by atoms with Crippen LogP contribution in [0.4, 0.5) is 0 Å². The number of aliphatic hydroxyl groups excluding tert-OH is 1. The van der Waals surface area contributed by atoms with Crippen LogP contribution >= 0.6 is 0 Å². The number of nitrogens with two attached hydrogens (primary N) is 2. The van der Waals surface area contributed by atoms with Crippen molar-refractivity contribution in [2.75, 3.05) is 0 Å². The highest BCUT2D eigenvalue weighted by atomic mass is 16.4. The summed E-state index contributed by atoms with van der Waals surface area (Å²) >= 11 is 0. The zero-order valence-electron chi connectivity index (χ0n) is 20.4.